The van der Waals surface area contributed by atoms with E-state index in [1.807, 2.05) is 11.0 Å². The number of hydrogen-bond donors (Lipinski definition) is 1. The number of aryl methyl sites for hydroxylation is 2. The van der Waals surface area contributed by atoms with Crippen LogP contribution >= 0.6 is 0 Å². The summed E-state index contributed by atoms with van der Waals surface area (Å²) >= 11 is 0. The molecule has 1 N–H and O–H groups in total. The first-order valence-electron chi connectivity index (χ1n) is 9.30. The number of aromatic amines is 1. The standard InChI is InChI=1S/C20H27N3O/c1-14(2)22-9-11-23(12-10-22)20(24)15-7-8-19-17(13-15)16-5-3-4-6-18(16)21-19/h7-8,13-14,21H,3-6,9-12H2,1-2H3. The lowest BCUT2D eigenvalue weighted by Gasteiger charge is -2.37. The summed E-state index contributed by atoms with van der Waals surface area (Å²) in [7, 11) is 0. The molecule has 2 aliphatic rings. The topological polar surface area (TPSA) is 39.3 Å². The van der Waals surface area contributed by atoms with Crippen molar-refractivity contribution < 1.29 is 4.79 Å². The molecule has 1 aliphatic carbocycles. The van der Waals surface area contributed by atoms with Gasteiger partial charge in [0.2, 0.25) is 0 Å². The molecular weight excluding hydrogens is 298 g/mol. The summed E-state index contributed by atoms with van der Waals surface area (Å²) in [6, 6.07) is 6.75. The van der Waals surface area contributed by atoms with E-state index in [1.165, 1.54) is 35.0 Å². The number of H-pyrrole nitrogens is 1. The van der Waals surface area contributed by atoms with E-state index in [1.54, 1.807) is 0 Å². The highest BCUT2D eigenvalue weighted by Crippen LogP contribution is 2.30. The minimum atomic E-state index is 0.186. The summed E-state index contributed by atoms with van der Waals surface area (Å²) < 4.78 is 0. The van der Waals surface area contributed by atoms with Crippen molar-refractivity contribution in [1.82, 2.24) is 14.8 Å². The van der Waals surface area contributed by atoms with Gasteiger partial charge in [0, 0.05) is 54.4 Å². The first-order valence-corrected chi connectivity index (χ1v) is 9.30. The van der Waals surface area contributed by atoms with E-state index in [0.29, 0.717) is 6.04 Å². The van der Waals surface area contributed by atoms with Gasteiger partial charge in [-0.2, -0.15) is 0 Å². The monoisotopic (exact) mass is 325 g/mol. The number of benzene rings is 1. The molecule has 4 heteroatoms. The number of aromatic nitrogens is 1. The number of rotatable bonds is 2. The molecular formula is C20H27N3O. The fraction of sp³-hybridized carbons (Fsp3) is 0.550. The molecule has 0 unspecified atom stereocenters. The van der Waals surface area contributed by atoms with Gasteiger partial charge in [0.05, 0.1) is 0 Å². The Kier molecular flexibility index (Phi) is 4.09. The number of amides is 1. The highest BCUT2D eigenvalue weighted by atomic mass is 16.2. The van der Waals surface area contributed by atoms with Gasteiger partial charge in [0.25, 0.3) is 5.91 Å². The predicted octanol–water partition coefficient (Wildman–Crippen LogP) is 3.21. The van der Waals surface area contributed by atoms with Crippen LogP contribution in [0.15, 0.2) is 18.2 Å². The van der Waals surface area contributed by atoms with E-state index in [9.17, 15) is 4.79 Å². The Morgan fingerprint density at radius 2 is 1.83 bits per heavy atom. The number of carbonyl (C=O) groups excluding carboxylic acids is 1. The maximum atomic E-state index is 12.9. The average Bonchev–Trinajstić information content (AvgIpc) is 2.99. The molecule has 0 bridgehead atoms. The smallest absolute Gasteiger partial charge is 0.253 e. The van der Waals surface area contributed by atoms with Crippen LogP contribution in [0.25, 0.3) is 10.9 Å². The van der Waals surface area contributed by atoms with Gasteiger partial charge in [0.1, 0.15) is 0 Å². The van der Waals surface area contributed by atoms with Crippen molar-refractivity contribution in [3.63, 3.8) is 0 Å². The molecule has 2 aromatic rings. The Labute approximate surface area is 143 Å². The quantitative estimate of drug-likeness (QED) is 0.921. The average molecular weight is 325 g/mol. The van der Waals surface area contributed by atoms with E-state index in [4.69, 9.17) is 0 Å². The molecule has 0 saturated carbocycles. The zero-order valence-electron chi connectivity index (χ0n) is 14.8. The summed E-state index contributed by atoms with van der Waals surface area (Å²) in [6.45, 7) is 8.07. The molecule has 128 valence electrons. The number of nitrogens with one attached hydrogen (secondary N) is 1. The predicted molar refractivity (Wildman–Crippen MR) is 97.6 cm³/mol. The minimum Gasteiger partial charge on any atom is -0.358 e. The van der Waals surface area contributed by atoms with Gasteiger partial charge in [0.15, 0.2) is 0 Å². The van der Waals surface area contributed by atoms with Crippen molar-refractivity contribution in [2.24, 2.45) is 0 Å². The third-order valence-electron chi connectivity index (χ3n) is 5.68. The molecule has 4 rings (SSSR count). The first kappa shape index (κ1) is 15.7. The van der Waals surface area contributed by atoms with Crippen molar-refractivity contribution in [2.75, 3.05) is 26.2 Å². The lowest BCUT2D eigenvalue weighted by molar-refractivity contribution is 0.0595. The number of hydrogen-bond acceptors (Lipinski definition) is 2. The second kappa shape index (κ2) is 6.25. The van der Waals surface area contributed by atoms with Crippen LogP contribution in [0, 0.1) is 0 Å². The maximum absolute atomic E-state index is 12.9. The Hall–Kier alpha value is -1.81. The van der Waals surface area contributed by atoms with E-state index >= 15 is 0 Å². The van der Waals surface area contributed by atoms with Crippen molar-refractivity contribution in [1.29, 1.82) is 0 Å². The molecule has 24 heavy (non-hydrogen) atoms. The Morgan fingerprint density at radius 1 is 1.08 bits per heavy atom. The minimum absolute atomic E-state index is 0.186. The van der Waals surface area contributed by atoms with Gasteiger partial charge in [-0.3, -0.25) is 9.69 Å². The summed E-state index contributed by atoms with van der Waals surface area (Å²) in [6.07, 6.45) is 4.81. The lowest BCUT2D eigenvalue weighted by Crippen LogP contribution is -2.50. The first-order chi connectivity index (χ1) is 11.6. The Bertz CT molecular complexity index is 754. The SMILES string of the molecule is CC(C)N1CCN(C(=O)c2ccc3[nH]c4c(c3c2)CCCC4)CC1. The summed E-state index contributed by atoms with van der Waals surface area (Å²) in [4.78, 5) is 20.9. The summed E-state index contributed by atoms with van der Waals surface area (Å²) in [5, 5.41) is 1.26. The second-order valence-corrected chi connectivity index (χ2v) is 7.47. The van der Waals surface area contributed by atoms with Gasteiger partial charge >= 0.3 is 0 Å². The lowest BCUT2D eigenvalue weighted by atomic mass is 9.95. The molecule has 1 aromatic carbocycles. The number of carbonyl (C=O) groups is 1. The fourth-order valence-corrected chi connectivity index (χ4v) is 4.16. The summed E-state index contributed by atoms with van der Waals surface area (Å²) in [5.41, 5.74) is 4.85. The molecule has 1 saturated heterocycles. The van der Waals surface area contributed by atoms with Crippen LogP contribution in [-0.2, 0) is 12.8 Å². The second-order valence-electron chi connectivity index (χ2n) is 7.47. The molecule has 2 heterocycles. The molecule has 4 nitrogen and oxygen atoms in total. The molecule has 1 aromatic heterocycles. The van der Waals surface area contributed by atoms with Crippen molar-refractivity contribution in [3.8, 4) is 0 Å². The largest absolute Gasteiger partial charge is 0.358 e. The molecule has 0 atom stereocenters. The normalized spacial score (nSPS) is 19.0. The van der Waals surface area contributed by atoms with Crippen LogP contribution in [0.2, 0.25) is 0 Å². The number of fused-ring (bicyclic) bond motifs is 3. The van der Waals surface area contributed by atoms with Gasteiger partial charge < -0.3 is 9.88 Å². The zero-order valence-corrected chi connectivity index (χ0v) is 14.8. The van der Waals surface area contributed by atoms with Gasteiger partial charge in [-0.05, 0) is 63.3 Å². The number of nitrogens with zero attached hydrogens (tertiary/aromatic N) is 2. The molecule has 0 spiro atoms. The van der Waals surface area contributed by atoms with E-state index in [-0.39, 0.29) is 5.91 Å². The van der Waals surface area contributed by atoms with Crippen LogP contribution in [0.3, 0.4) is 0 Å². The molecule has 1 amide bonds. The highest BCUT2D eigenvalue weighted by molar-refractivity contribution is 5.99. The number of piperazine rings is 1. The van der Waals surface area contributed by atoms with Gasteiger partial charge in [-0.1, -0.05) is 0 Å². The van der Waals surface area contributed by atoms with E-state index in [2.05, 4.69) is 35.9 Å². The maximum Gasteiger partial charge on any atom is 0.253 e. The van der Waals surface area contributed by atoms with Crippen LogP contribution in [-0.4, -0.2) is 52.9 Å². The fourth-order valence-electron chi connectivity index (χ4n) is 4.16. The van der Waals surface area contributed by atoms with E-state index < -0.39 is 0 Å². The van der Waals surface area contributed by atoms with Crippen LogP contribution in [0.5, 0.6) is 0 Å². The summed E-state index contributed by atoms with van der Waals surface area (Å²) in [5.74, 6) is 0.186. The van der Waals surface area contributed by atoms with Gasteiger partial charge in [-0.25, -0.2) is 0 Å². The third kappa shape index (κ3) is 2.73. The van der Waals surface area contributed by atoms with Crippen molar-refractivity contribution >= 4 is 16.8 Å². The van der Waals surface area contributed by atoms with Crippen molar-refractivity contribution in [3.05, 3.63) is 35.0 Å². The van der Waals surface area contributed by atoms with Crippen LogP contribution in [0.4, 0.5) is 0 Å². The van der Waals surface area contributed by atoms with Crippen LogP contribution < -0.4 is 0 Å². The zero-order chi connectivity index (χ0) is 16.7. The Morgan fingerprint density at radius 3 is 2.58 bits per heavy atom. The third-order valence-corrected chi connectivity index (χ3v) is 5.68. The molecule has 0 radical (unpaired) electrons. The van der Waals surface area contributed by atoms with Crippen LogP contribution in [0.1, 0.15) is 48.3 Å². The Balaban J connectivity index is 1.57. The van der Waals surface area contributed by atoms with Gasteiger partial charge in [-0.15, -0.1) is 0 Å². The highest BCUT2D eigenvalue weighted by Gasteiger charge is 2.24. The van der Waals surface area contributed by atoms with E-state index in [0.717, 1.165) is 44.6 Å². The molecule has 1 aliphatic heterocycles. The molecule has 1 fully saturated rings. The van der Waals surface area contributed by atoms with Crippen molar-refractivity contribution in [2.45, 2.75) is 45.6 Å².